The molecule has 2 aliphatic carbocycles. The molecule has 0 spiro atoms. The van der Waals surface area contributed by atoms with Gasteiger partial charge in [-0.15, -0.1) is 0 Å². The monoisotopic (exact) mass is 405 g/mol. The molecular formula is C19H27N5O3S. The van der Waals surface area contributed by atoms with E-state index in [1.165, 1.54) is 0 Å². The van der Waals surface area contributed by atoms with E-state index in [1.54, 1.807) is 24.6 Å². The number of aromatic amines is 1. The summed E-state index contributed by atoms with van der Waals surface area (Å²) in [5.41, 5.74) is 3.14. The van der Waals surface area contributed by atoms with Crippen molar-refractivity contribution in [2.75, 3.05) is 0 Å². The second-order valence-corrected chi connectivity index (χ2v) is 9.65. The summed E-state index contributed by atoms with van der Waals surface area (Å²) in [6, 6.07) is 1.65. The van der Waals surface area contributed by atoms with E-state index in [1.807, 2.05) is 0 Å². The summed E-state index contributed by atoms with van der Waals surface area (Å²) >= 11 is 0. The van der Waals surface area contributed by atoms with Crippen LogP contribution in [0.15, 0.2) is 15.8 Å². The Labute approximate surface area is 164 Å². The van der Waals surface area contributed by atoms with Gasteiger partial charge in [-0.2, -0.15) is 10.2 Å². The summed E-state index contributed by atoms with van der Waals surface area (Å²) in [6.07, 6.45) is 6.98. The first-order valence-corrected chi connectivity index (χ1v) is 11.5. The van der Waals surface area contributed by atoms with Crippen molar-refractivity contribution in [2.45, 2.75) is 82.2 Å². The van der Waals surface area contributed by atoms with Crippen LogP contribution in [0.4, 0.5) is 0 Å². The van der Waals surface area contributed by atoms with Crippen LogP contribution in [-0.4, -0.2) is 34.4 Å². The number of nitrogens with zero attached hydrogens (tertiary/aromatic N) is 3. The first-order valence-electron chi connectivity index (χ1n) is 10.0. The van der Waals surface area contributed by atoms with E-state index >= 15 is 0 Å². The van der Waals surface area contributed by atoms with Gasteiger partial charge in [0.15, 0.2) is 0 Å². The van der Waals surface area contributed by atoms with Crippen molar-refractivity contribution < 1.29 is 8.42 Å². The maximum atomic E-state index is 12.7. The second kappa shape index (κ2) is 7.44. The number of nitrogens with one attached hydrogen (secondary N) is 2. The molecule has 8 nitrogen and oxygen atoms in total. The molecule has 2 aromatic rings. The standard InChI is InChI=1S/C19H27N5O3S/c1-12-19(13(2)21-20-12)28(26,27)23-15-7-9-16(10-8-15)24-18(25)11-14-5-3-4-6-17(14)22-24/h11,15-16,23H,3-10H2,1-2H3,(H,20,21). The average Bonchev–Trinajstić information content (AvgIpc) is 3.01. The van der Waals surface area contributed by atoms with Crippen molar-refractivity contribution in [1.29, 1.82) is 0 Å². The van der Waals surface area contributed by atoms with Crippen LogP contribution in [0, 0.1) is 13.8 Å². The zero-order valence-corrected chi connectivity index (χ0v) is 17.2. The van der Waals surface area contributed by atoms with Crippen molar-refractivity contribution in [3.63, 3.8) is 0 Å². The highest BCUT2D eigenvalue weighted by Crippen LogP contribution is 2.29. The van der Waals surface area contributed by atoms with E-state index in [0.717, 1.165) is 49.8 Å². The Morgan fingerprint density at radius 3 is 2.54 bits per heavy atom. The zero-order chi connectivity index (χ0) is 19.9. The highest BCUT2D eigenvalue weighted by atomic mass is 32.2. The molecule has 9 heteroatoms. The topological polar surface area (TPSA) is 110 Å². The minimum absolute atomic E-state index is 0.0330. The molecule has 1 saturated carbocycles. The van der Waals surface area contributed by atoms with Gasteiger partial charge in [-0.3, -0.25) is 9.89 Å². The maximum absolute atomic E-state index is 12.7. The molecule has 0 saturated heterocycles. The number of sulfonamides is 1. The largest absolute Gasteiger partial charge is 0.281 e. The Hall–Kier alpha value is -2.00. The summed E-state index contributed by atoms with van der Waals surface area (Å²) in [6.45, 7) is 3.39. The third-order valence-electron chi connectivity index (χ3n) is 5.93. The van der Waals surface area contributed by atoms with Crippen molar-refractivity contribution in [1.82, 2.24) is 24.7 Å². The molecular weight excluding hydrogens is 378 g/mol. The number of fused-ring (bicyclic) bond motifs is 1. The third kappa shape index (κ3) is 3.65. The van der Waals surface area contributed by atoms with E-state index in [-0.39, 0.29) is 22.5 Å². The molecule has 2 heterocycles. The van der Waals surface area contributed by atoms with Crippen LogP contribution in [0.2, 0.25) is 0 Å². The molecule has 28 heavy (non-hydrogen) atoms. The molecule has 0 aliphatic heterocycles. The number of aromatic nitrogens is 4. The van der Waals surface area contributed by atoms with Crippen LogP contribution in [-0.2, 0) is 22.9 Å². The summed E-state index contributed by atoms with van der Waals surface area (Å²) in [7, 11) is -3.61. The lowest BCUT2D eigenvalue weighted by Crippen LogP contribution is -2.40. The van der Waals surface area contributed by atoms with Gasteiger partial charge in [0, 0.05) is 12.1 Å². The summed E-state index contributed by atoms with van der Waals surface area (Å²) in [5, 5.41) is 11.4. The molecule has 0 unspecified atom stereocenters. The lowest BCUT2D eigenvalue weighted by Gasteiger charge is -2.30. The fraction of sp³-hybridized carbons (Fsp3) is 0.632. The Morgan fingerprint density at radius 2 is 1.86 bits per heavy atom. The van der Waals surface area contributed by atoms with Crippen LogP contribution < -0.4 is 10.3 Å². The summed E-state index contributed by atoms with van der Waals surface area (Å²) in [5.74, 6) is 0. The molecule has 2 N–H and O–H groups in total. The van der Waals surface area contributed by atoms with E-state index in [2.05, 4.69) is 20.0 Å². The van der Waals surface area contributed by atoms with Gasteiger partial charge in [0.2, 0.25) is 10.0 Å². The predicted molar refractivity (Wildman–Crippen MR) is 105 cm³/mol. The SMILES string of the molecule is Cc1n[nH]c(C)c1S(=O)(=O)NC1CCC(n2nc3c(cc2=O)CCCC3)CC1. The number of H-pyrrole nitrogens is 1. The smallest absolute Gasteiger partial charge is 0.267 e. The van der Waals surface area contributed by atoms with Gasteiger partial charge in [-0.05, 0) is 70.8 Å². The molecule has 2 aromatic heterocycles. The van der Waals surface area contributed by atoms with Crippen LogP contribution in [0.3, 0.4) is 0 Å². The predicted octanol–water partition coefficient (Wildman–Crippen LogP) is 1.92. The molecule has 0 bridgehead atoms. The normalized spacial score (nSPS) is 22.8. The van der Waals surface area contributed by atoms with Gasteiger partial charge in [-0.25, -0.2) is 17.8 Å². The number of hydrogen-bond acceptors (Lipinski definition) is 5. The molecule has 2 aliphatic rings. The molecule has 0 amide bonds. The van der Waals surface area contributed by atoms with Crippen molar-refractivity contribution >= 4 is 10.0 Å². The van der Waals surface area contributed by atoms with Gasteiger partial charge in [-0.1, -0.05) is 0 Å². The second-order valence-electron chi connectivity index (χ2n) is 8.00. The van der Waals surface area contributed by atoms with Crippen molar-refractivity contribution in [3.05, 3.63) is 39.1 Å². The van der Waals surface area contributed by atoms with Crippen LogP contribution >= 0.6 is 0 Å². The molecule has 0 radical (unpaired) electrons. The first-order chi connectivity index (χ1) is 13.3. The average molecular weight is 406 g/mol. The molecule has 0 aromatic carbocycles. The first kappa shape index (κ1) is 19.3. The van der Waals surface area contributed by atoms with E-state index < -0.39 is 10.0 Å². The lowest BCUT2D eigenvalue weighted by molar-refractivity contribution is 0.282. The Morgan fingerprint density at radius 1 is 1.14 bits per heavy atom. The van der Waals surface area contributed by atoms with E-state index in [0.29, 0.717) is 24.2 Å². The summed E-state index contributed by atoms with van der Waals surface area (Å²) < 4.78 is 29.9. The molecule has 1 fully saturated rings. The van der Waals surface area contributed by atoms with Crippen LogP contribution in [0.25, 0.3) is 0 Å². The third-order valence-corrected chi connectivity index (χ3v) is 7.71. The highest BCUT2D eigenvalue weighted by molar-refractivity contribution is 7.89. The van der Waals surface area contributed by atoms with Gasteiger partial charge in [0.1, 0.15) is 4.90 Å². The molecule has 4 rings (SSSR count). The minimum atomic E-state index is -3.61. The van der Waals surface area contributed by atoms with Gasteiger partial charge < -0.3 is 0 Å². The van der Waals surface area contributed by atoms with Gasteiger partial charge in [0.05, 0.1) is 23.1 Å². The van der Waals surface area contributed by atoms with Crippen LogP contribution in [0.1, 0.15) is 67.2 Å². The highest BCUT2D eigenvalue weighted by Gasteiger charge is 2.30. The fourth-order valence-electron chi connectivity index (χ4n) is 4.49. The Balaban J connectivity index is 1.45. The van der Waals surface area contributed by atoms with Crippen molar-refractivity contribution in [3.8, 4) is 0 Å². The van der Waals surface area contributed by atoms with Gasteiger partial charge >= 0.3 is 0 Å². The van der Waals surface area contributed by atoms with E-state index in [9.17, 15) is 13.2 Å². The van der Waals surface area contributed by atoms with Crippen molar-refractivity contribution in [2.24, 2.45) is 0 Å². The Bertz CT molecular complexity index is 1010. The quantitative estimate of drug-likeness (QED) is 0.808. The molecule has 152 valence electrons. The maximum Gasteiger partial charge on any atom is 0.267 e. The fourth-order valence-corrected chi connectivity index (χ4v) is 6.17. The molecule has 0 atom stereocenters. The van der Waals surface area contributed by atoms with Gasteiger partial charge in [0.25, 0.3) is 5.56 Å². The number of aryl methyl sites for hydroxylation is 4. The van der Waals surface area contributed by atoms with E-state index in [4.69, 9.17) is 0 Å². The lowest BCUT2D eigenvalue weighted by atomic mass is 9.91. The zero-order valence-electron chi connectivity index (χ0n) is 16.4. The Kier molecular flexibility index (Phi) is 5.13. The number of rotatable bonds is 4. The van der Waals surface area contributed by atoms with Crippen LogP contribution in [0.5, 0.6) is 0 Å². The minimum Gasteiger partial charge on any atom is -0.281 e. The summed E-state index contributed by atoms with van der Waals surface area (Å²) in [4.78, 5) is 12.7. The number of hydrogen-bond donors (Lipinski definition) is 2.